The fourth-order valence-electron chi connectivity index (χ4n) is 1.20. The van der Waals surface area contributed by atoms with Gasteiger partial charge in [0.15, 0.2) is 0 Å². The van der Waals surface area contributed by atoms with Gasteiger partial charge in [0, 0.05) is 26.2 Å². The third-order valence-electron chi connectivity index (χ3n) is 2.16. The van der Waals surface area contributed by atoms with E-state index < -0.39 is 0 Å². The minimum absolute atomic E-state index is 0.209. The Morgan fingerprint density at radius 1 is 1.36 bits per heavy atom. The van der Waals surface area contributed by atoms with Crippen molar-refractivity contribution in [1.82, 2.24) is 9.80 Å². The maximum absolute atomic E-state index is 11.4. The molecule has 64 valence electrons. The van der Waals surface area contributed by atoms with Crippen LogP contribution in [-0.2, 0) is 0 Å². The van der Waals surface area contributed by atoms with Gasteiger partial charge in [-0.1, -0.05) is 0 Å². The van der Waals surface area contributed by atoms with Crippen molar-refractivity contribution >= 4 is 6.03 Å². The molecule has 1 aliphatic rings. The van der Waals surface area contributed by atoms with Crippen molar-refractivity contribution < 1.29 is 4.79 Å². The monoisotopic (exact) mass is 156 g/mol. The Balaban J connectivity index is 2.36. The van der Waals surface area contributed by atoms with E-state index in [0.717, 1.165) is 26.2 Å². The first-order chi connectivity index (χ1) is 5.29. The molecule has 0 aliphatic carbocycles. The van der Waals surface area contributed by atoms with Crippen LogP contribution in [-0.4, -0.2) is 42.0 Å². The molecular weight excluding hydrogens is 140 g/mol. The molecule has 3 nitrogen and oxygen atoms in total. The third kappa shape index (κ3) is 1.64. The zero-order chi connectivity index (χ0) is 8.27. The molecule has 1 saturated heterocycles. The van der Waals surface area contributed by atoms with Crippen LogP contribution in [0.15, 0.2) is 0 Å². The number of hydrogen-bond donors (Lipinski definition) is 0. The Morgan fingerprint density at radius 3 is 2.18 bits per heavy atom. The van der Waals surface area contributed by atoms with E-state index in [1.807, 2.05) is 23.6 Å². The van der Waals surface area contributed by atoms with E-state index in [2.05, 4.69) is 0 Å². The van der Waals surface area contributed by atoms with Crippen molar-refractivity contribution in [3.63, 3.8) is 0 Å². The van der Waals surface area contributed by atoms with Crippen molar-refractivity contribution in [2.24, 2.45) is 0 Å². The molecule has 2 amide bonds. The van der Waals surface area contributed by atoms with Crippen molar-refractivity contribution in [1.29, 1.82) is 0 Å². The highest BCUT2D eigenvalue weighted by Crippen LogP contribution is 2.08. The van der Waals surface area contributed by atoms with Crippen molar-refractivity contribution in [3.8, 4) is 0 Å². The predicted molar refractivity (Wildman–Crippen MR) is 44.5 cm³/mol. The van der Waals surface area contributed by atoms with Gasteiger partial charge in [-0.15, -0.1) is 0 Å². The highest BCUT2D eigenvalue weighted by atomic mass is 16.2. The van der Waals surface area contributed by atoms with Gasteiger partial charge < -0.3 is 9.80 Å². The second kappa shape index (κ2) is 3.60. The van der Waals surface area contributed by atoms with Crippen LogP contribution >= 0.6 is 0 Å². The molecule has 11 heavy (non-hydrogen) atoms. The largest absolute Gasteiger partial charge is 0.325 e. The summed E-state index contributed by atoms with van der Waals surface area (Å²) in [6.07, 6.45) is 1.17. The van der Waals surface area contributed by atoms with E-state index in [4.69, 9.17) is 0 Å². The molecule has 0 N–H and O–H groups in total. The van der Waals surface area contributed by atoms with Gasteiger partial charge in [0.2, 0.25) is 0 Å². The van der Waals surface area contributed by atoms with Gasteiger partial charge in [-0.3, -0.25) is 0 Å². The highest BCUT2D eigenvalue weighted by Gasteiger charge is 2.23. The lowest BCUT2D eigenvalue weighted by Gasteiger charge is -2.35. The first-order valence-corrected chi connectivity index (χ1v) is 4.33. The number of hydrogen-bond acceptors (Lipinski definition) is 1. The average molecular weight is 156 g/mol. The quantitative estimate of drug-likeness (QED) is 0.588. The van der Waals surface area contributed by atoms with Gasteiger partial charge in [-0.2, -0.15) is 0 Å². The molecule has 0 radical (unpaired) electrons. The lowest BCUT2D eigenvalue weighted by atomic mass is 10.2. The Bertz CT molecular complexity index is 139. The van der Waals surface area contributed by atoms with Crippen LogP contribution in [0.4, 0.5) is 4.79 Å². The number of amides is 2. The van der Waals surface area contributed by atoms with Crippen molar-refractivity contribution in [2.75, 3.05) is 26.2 Å². The van der Waals surface area contributed by atoms with E-state index in [1.54, 1.807) is 0 Å². The fourth-order valence-corrected chi connectivity index (χ4v) is 1.20. The number of nitrogens with zero attached hydrogens (tertiary/aromatic N) is 2. The Kier molecular flexibility index (Phi) is 2.74. The van der Waals surface area contributed by atoms with Gasteiger partial charge in [0.05, 0.1) is 0 Å². The molecular formula is C8H16N2O. The molecule has 0 aromatic rings. The second-order valence-electron chi connectivity index (χ2n) is 2.80. The van der Waals surface area contributed by atoms with Crippen LogP contribution in [0.5, 0.6) is 0 Å². The van der Waals surface area contributed by atoms with Crippen LogP contribution in [0.3, 0.4) is 0 Å². The van der Waals surface area contributed by atoms with E-state index in [9.17, 15) is 4.79 Å². The molecule has 3 heteroatoms. The predicted octanol–water partition coefficient (Wildman–Crippen LogP) is 1.15. The maximum Gasteiger partial charge on any atom is 0.319 e. The molecule has 1 aliphatic heterocycles. The molecule has 1 heterocycles. The summed E-state index contributed by atoms with van der Waals surface area (Å²) < 4.78 is 0. The zero-order valence-electron chi connectivity index (χ0n) is 7.34. The van der Waals surface area contributed by atoms with E-state index in [1.165, 1.54) is 6.42 Å². The number of carbonyl (C=O) groups excluding carboxylic acids is 1. The van der Waals surface area contributed by atoms with Gasteiger partial charge in [-0.05, 0) is 20.3 Å². The summed E-state index contributed by atoms with van der Waals surface area (Å²) in [5.41, 5.74) is 0. The van der Waals surface area contributed by atoms with Crippen LogP contribution in [0.25, 0.3) is 0 Å². The third-order valence-corrected chi connectivity index (χ3v) is 2.16. The summed E-state index contributed by atoms with van der Waals surface area (Å²) in [6, 6.07) is 0.209. The lowest BCUT2D eigenvalue weighted by Crippen LogP contribution is -2.49. The average Bonchev–Trinajstić information content (AvgIpc) is 1.86. The Labute approximate surface area is 68.0 Å². The smallest absolute Gasteiger partial charge is 0.319 e. The standard InChI is InChI=1S/C8H16N2O/c1-3-9(4-2)8(11)10-6-5-7-10/h3-7H2,1-2H3. The van der Waals surface area contributed by atoms with Crippen LogP contribution in [0.2, 0.25) is 0 Å². The minimum Gasteiger partial charge on any atom is -0.325 e. The SMILES string of the molecule is CCN(CC)C(=O)N1CCC1. The van der Waals surface area contributed by atoms with Crippen LogP contribution in [0.1, 0.15) is 20.3 Å². The lowest BCUT2D eigenvalue weighted by molar-refractivity contribution is 0.130. The van der Waals surface area contributed by atoms with Crippen molar-refractivity contribution in [2.45, 2.75) is 20.3 Å². The number of likely N-dealkylation sites (tertiary alicyclic amines) is 1. The molecule has 1 rings (SSSR count). The summed E-state index contributed by atoms with van der Waals surface area (Å²) in [4.78, 5) is 15.2. The van der Waals surface area contributed by atoms with E-state index in [-0.39, 0.29) is 6.03 Å². The fraction of sp³-hybridized carbons (Fsp3) is 0.875. The number of urea groups is 1. The normalized spacial score (nSPS) is 16.0. The molecule has 0 spiro atoms. The number of carbonyl (C=O) groups is 1. The van der Waals surface area contributed by atoms with E-state index >= 15 is 0 Å². The molecule has 0 atom stereocenters. The maximum atomic E-state index is 11.4. The molecule has 1 fully saturated rings. The van der Waals surface area contributed by atoms with Gasteiger partial charge in [-0.25, -0.2) is 4.79 Å². The summed E-state index contributed by atoms with van der Waals surface area (Å²) in [5, 5.41) is 0. The second-order valence-corrected chi connectivity index (χ2v) is 2.80. The summed E-state index contributed by atoms with van der Waals surface area (Å²) >= 11 is 0. The molecule has 0 saturated carbocycles. The summed E-state index contributed by atoms with van der Waals surface area (Å²) in [5.74, 6) is 0. The molecule has 0 aromatic carbocycles. The Hall–Kier alpha value is -0.730. The topological polar surface area (TPSA) is 23.6 Å². The summed E-state index contributed by atoms with van der Waals surface area (Å²) in [6.45, 7) is 7.59. The zero-order valence-corrected chi connectivity index (χ0v) is 7.34. The van der Waals surface area contributed by atoms with Crippen LogP contribution in [0, 0.1) is 0 Å². The first kappa shape index (κ1) is 8.37. The number of rotatable bonds is 2. The van der Waals surface area contributed by atoms with Crippen LogP contribution < -0.4 is 0 Å². The van der Waals surface area contributed by atoms with Gasteiger partial charge >= 0.3 is 6.03 Å². The summed E-state index contributed by atoms with van der Waals surface area (Å²) in [7, 11) is 0. The highest BCUT2D eigenvalue weighted by molar-refractivity contribution is 5.75. The Morgan fingerprint density at radius 2 is 1.91 bits per heavy atom. The molecule has 0 bridgehead atoms. The van der Waals surface area contributed by atoms with Crippen molar-refractivity contribution in [3.05, 3.63) is 0 Å². The molecule has 0 aromatic heterocycles. The van der Waals surface area contributed by atoms with Gasteiger partial charge in [0.1, 0.15) is 0 Å². The van der Waals surface area contributed by atoms with E-state index in [0.29, 0.717) is 0 Å². The minimum atomic E-state index is 0.209. The van der Waals surface area contributed by atoms with Gasteiger partial charge in [0.25, 0.3) is 0 Å². The first-order valence-electron chi connectivity index (χ1n) is 4.33. The molecule has 0 unspecified atom stereocenters.